The molecule has 1 aliphatic rings. The molecule has 1 unspecified atom stereocenters. The van der Waals surface area contributed by atoms with Crippen LogP contribution < -0.4 is 5.32 Å². The Labute approximate surface area is 82.1 Å². The van der Waals surface area contributed by atoms with Crippen molar-refractivity contribution in [3.8, 4) is 0 Å². The summed E-state index contributed by atoms with van der Waals surface area (Å²) in [5.74, 6) is 0. The highest BCUT2D eigenvalue weighted by Gasteiger charge is 2.21. The van der Waals surface area contributed by atoms with E-state index in [4.69, 9.17) is 0 Å². The summed E-state index contributed by atoms with van der Waals surface area (Å²) in [5.41, 5.74) is 0. The van der Waals surface area contributed by atoms with E-state index < -0.39 is 0 Å². The van der Waals surface area contributed by atoms with Gasteiger partial charge in [0.25, 0.3) is 0 Å². The SMILES string of the molecule is CCCN1CCNCC1CN(C)C. The minimum Gasteiger partial charge on any atom is -0.314 e. The van der Waals surface area contributed by atoms with Crippen molar-refractivity contribution in [2.75, 3.05) is 46.8 Å². The van der Waals surface area contributed by atoms with E-state index in [1.807, 2.05) is 0 Å². The fraction of sp³-hybridized carbons (Fsp3) is 1.00. The first-order valence-corrected chi connectivity index (χ1v) is 5.33. The number of nitrogens with one attached hydrogen (secondary N) is 1. The lowest BCUT2D eigenvalue weighted by Gasteiger charge is -2.37. The van der Waals surface area contributed by atoms with Crippen molar-refractivity contribution in [3.63, 3.8) is 0 Å². The summed E-state index contributed by atoms with van der Waals surface area (Å²) < 4.78 is 0. The molecule has 1 atom stereocenters. The fourth-order valence-corrected chi connectivity index (χ4v) is 1.99. The quantitative estimate of drug-likeness (QED) is 0.676. The molecule has 0 aromatic carbocycles. The maximum Gasteiger partial charge on any atom is 0.0348 e. The number of rotatable bonds is 4. The second-order valence-electron chi connectivity index (χ2n) is 4.16. The predicted octanol–water partition coefficient (Wildman–Crippen LogP) is 0.232. The molecule has 1 fully saturated rings. The van der Waals surface area contributed by atoms with Crippen LogP contribution in [0, 0.1) is 0 Å². The third kappa shape index (κ3) is 3.63. The van der Waals surface area contributed by atoms with E-state index in [1.54, 1.807) is 0 Å². The maximum absolute atomic E-state index is 3.46. The summed E-state index contributed by atoms with van der Waals surface area (Å²) in [5, 5.41) is 3.46. The number of likely N-dealkylation sites (N-methyl/N-ethyl adjacent to an activating group) is 1. The van der Waals surface area contributed by atoms with Crippen LogP contribution in [-0.4, -0.2) is 62.7 Å². The summed E-state index contributed by atoms with van der Waals surface area (Å²) in [7, 11) is 4.30. The molecular formula is C10H23N3. The van der Waals surface area contributed by atoms with Crippen molar-refractivity contribution in [1.82, 2.24) is 15.1 Å². The first kappa shape index (κ1) is 11.0. The first-order chi connectivity index (χ1) is 6.24. The summed E-state index contributed by atoms with van der Waals surface area (Å²) in [6.45, 7) is 8.20. The maximum atomic E-state index is 3.46. The Hall–Kier alpha value is -0.120. The highest BCUT2D eigenvalue weighted by molar-refractivity contribution is 4.80. The molecule has 0 bridgehead atoms. The Kier molecular flexibility index (Phi) is 4.70. The Morgan fingerprint density at radius 2 is 2.23 bits per heavy atom. The van der Waals surface area contributed by atoms with Gasteiger partial charge in [0.15, 0.2) is 0 Å². The van der Waals surface area contributed by atoms with Crippen LogP contribution in [0.15, 0.2) is 0 Å². The molecule has 1 N–H and O–H groups in total. The van der Waals surface area contributed by atoms with E-state index in [2.05, 4.69) is 36.1 Å². The van der Waals surface area contributed by atoms with E-state index in [1.165, 1.54) is 26.1 Å². The zero-order valence-corrected chi connectivity index (χ0v) is 9.21. The zero-order valence-electron chi connectivity index (χ0n) is 9.21. The van der Waals surface area contributed by atoms with E-state index in [-0.39, 0.29) is 0 Å². The van der Waals surface area contributed by atoms with Gasteiger partial charge in [0.05, 0.1) is 0 Å². The lowest BCUT2D eigenvalue weighted by molar-refractivity contribution is 0.133. The van der Waals surface area contributed by atoms with Crippen LogP contribution in [-0.2, 0) is 0 Å². The standard InChI is InChI=1S/C10H23N3/c1-4-6-13-7-5-11-8-10(13)9-12(2)3/h10-11H,4-9H2,1-3H3. The van der Waals surface area contributed by atoms with Gasteiger partial charge >= 0.3 is 0 Å². The van der Waals surface area contributed by atoms with Gasteiger partial charge in [0.2, 0.25) is 0 Å². The van der Waals surface area contributed by atoms with Gasteiger partial charge in [-0.3, -0.25) is 4.90 Å². The predicted molar refractivity (Wildman–Crippen MR) is 57.1 cm³/mol. The Balaban J connectivity index is 2.36. The number of nitrogens with zero attached hydrogens (tertiary/aromatic N) is 2. The molecule has 0 amide bonds. The largest absolute Gasteiger partial charge is 0.314 e. The van der Waals surface area contributed by atoms with Gasteiger partial charge < -0.3 is 10.2 Å². The first-order valence-electron chi connectivity index (χ1n) is 5.33. The summed E-state index contributed by atoms with van der Waals surface area (Å²) in [6, 6.07) is 0.712. The molecule has 1 heterocycles. The normalized spacial score (nSPS) is 25.4. The Morgan fingerprint density at radius 1 is 1.46 bits per heavy atom. The zero-order chi connectivity index (χ0) is 9.68. The van der Waals surface area contributed by atoms with Crippen LogP contribution in [0.3, 0.4) is 0 Å². The van der Waals surface area contributed by atoms with Crippen LogP contribution in [0.4, 0.5) is 0 Å². The van der Waals surface area contributed by atoms with E-state index in [9.17, 15) is 0 Å². The highest BCUT2D eigenvalue weighted by Crippen LogP contribution is 2.04. The lowest BCUT2D eigenvalue weighted by Crippen LogP contribution is -2.54. The fourth-order valence-electron chi connectivity index (χ4n) is 1.99. The number of piperazine rings is 1. The van der Waals surface area contributed by atoms with E-state index >= 15 is 0 Å². The van der Waals surface area contributed by atoms with Crippen LogP contribution in [0.5, 0.6) is 0 Å². The van der Waals surface area contributed by atoms with Gasteiger partial charge in [-0.1, -0.05) is 6.92 Å². The van der Waals surface area contributed by atoms with Crippen molar-refractivity contribution in [3.05, 3.63) is 0 Å². The van der Waals surface area contributed by atoms with Crippen LogP contribution in [0.2, 0.25) is 0 Å². The van der Waals surface area contributed by atoms with Gasteiger partial charge in [0, 0.05) is 32.2 Å². The van der Waals surface area contributed by atoms with Crippen molar-refractivity contribution in [2.24, 2.45) is 0 Å². The number of hydrogen-bond donors (Lipinski definition) is 1. The molecular weight excluding hydrogens is 162 g/mol. The molecule has 78 valence electrons. The van der Waals surface area contributed by atoms with Crippen molar-refractivity contribution < 1.29 is 0 Å². The third-order valence-corrected chi connectivity index (χ3v) is 2.56. The van der Waals surface area contributed by atoms with E-state index in [0.717, 1.165) is 13.1 Å². The molecule has 0 saturated carbocycles. The van der Waals surface area contributed by atoms with Crippen molar-refractivity contribution >= 4 is 0 Å². The molecule has 0 aliphatic carbocycles. The van der Waals surface area contributed by atoms with Gasteiger partial charge in [-0.15, -0.1) is 0 Å². The lowest BCUT2D eigenvalue weighted by atomic mass is 10.1. The highest BCUT2D eigenvalue weighted by atomic mass is 15.2. The average Bonchev–Trinajstić information content (AvgIpc) is 2.08. The van der Waals surface area contributed by atoms with Crippen molar-refractivity contribution in [1.29, 1.82) is 0 Å². The minimum absolute atomic E-state index is 0.712. The second-order valence-corrected chi connectivity index (χ2v) is 4.16. The summed E-state index contributed by atoms with van der Waals surface area (Å²) in [4.78, 5) is 4.89. The third-order valence-electron chi connectivity index (χ3n) is 2.56. The molecule has 13 heavy (non-hydrogen) atoms. The van der Waals surface area contributed by atoms with Gasteiger partial charge in [-0.05, 0) is 27.1 Å². The molecule has 1 rings (SSSR count). The smallest absolute Gasteiger partial charge is 0.0348 e. The van der Waals surface area contributed by atoms with Gasteiger partial charge in [-0.25, -0.2) is 0 Å². The Morgan fingerprint density at radius 3 is 2.85 bits per heavy atom. The molecule has 1 saturated heterocycles. The molecule has 1 aliphatic heterocycles. The monoisotopic (exact) mass is 185 g/mol. The van der Waals surface area contributed by atoms with Gasteiger partial charge in [0.1, 0.15) is 0 Å². The molecule has 0 aromatic heterocycles. The van der Waals surface area contributed by atoms with Crippen LogP contribution in [0.25, 0.3) is 0 Å². The summed E-state index contributed by atoms with van der Waals surface area (Å²) >= 11 is 0. The topological polar surface area (TPSA) is 18.5 Å². The number of hydrogen-bond acceptors (Lipinski definition) is 3. The Bertz CT molecular complexity index is 134. The summed E-state index contributed by atoms with van der Waals surface area (Å²) in [6.07, 6.45) is 1.27. The van der Waals surface area contributed by atoms with Crippen LogP contribution in [0.1, 0.15) is 13.3 Å². The molecule has 3 nitrogen and oxygen atoms in total. The second kappa shape index (κ2) is 5.58. The van der Waals surface area contributed by atoms with E-state index in [0.29, 0.717) is 6.04 Å². The molecule has 0 aromatic rings. The minimum atomic E-state index is 0.712. The molecule has 0 spiro atoms. The molecule has 0 radical (unpaired) electrons. The van der Waals surface area contributed by atoms with Crippen LogP contribution >= 0.6 is 0 Å². The molecule has 3 heteroatoms. The average molecular weight is 185 g/mol. The van der Waals surface area contributed by atoms with Crippen molar-refractivity contribution in [2.45, 2.75) is 19.4 Å². The van der Waals surface area contributed by atoms with Gasteiger partial charge in [-0.2, -0.15) is 0 Å².